The highest BCUT2D eigenvalue weighted by atomic mass is 79.9. The molecule has 0 saturated carbocycles. The summed E-state index contributed by atoms with van der Waals surface area (Å²) in [5, 5.41) is -0.0736. The Kier molecular flexibility index (Phi) is 7.53. The number of methoxy groups -OCH3 is 1. The Balaban J connectivity index is 1.80. The van der Waals surface area contributed by atoms with Crippen molar-refractivity contribution in [1.82, 2.24) is 4.90 Å². The Bertz CT molecular complexity index is 1090. The lowest BCUT2D eigenvalue weighted by Crippen LogP contribution is -2.33. The van der Waals surface area contributed by atoms with Gasteiger partial charge in [-0.25, -0.2) is 4.79 Å². The number of hydrogen-bond acceptors (Lipinski definition) is 7. The fourth-order valence-electron chi connectivity index (χ4n) is 2.61. The Labute approximate surface area is 195 Å². The van der Waals surface area contributed by atoms with Gasteiger partial charge in [-0.2, -0.15) is 0 Å². The summed E-state index contributed by atoms with van der Waals surface area (Å²) in [4.78, 5) is 50.0. The number of amides is 2. The fourth-order valence-corrected chi connectivity index (χ4v) is 3.94. The van der Waals surface area contributed by atoms with E-state index in [1.54, 1.807) is 30.3 Å². The molecule has 0 aliphatic carbocycles. The molecule has 0 radical (unpaired) electrons. The lowest BCUT2D eigenvalue weighted by Gasteiger charge is -2.11. The maximum Gasteiger partial charge on any atom is 0.343 e. The fraction of sp³-hybridized carbons (Fsp3) is 0.143. The van der Waals surface area contributed by atoms with E-state index < -0.39 is 17.1 Å². The van der Waals surface area contributed by atoms with Crippen LogP contribution in [0.4, 0.5) is 4.79 Å². The zero-order valence-electron chi connectivity index (χ0n) is 16.1. The van der Waals surface area contributed by atoms with Crippen LogP contribution < -0.4 is 4.74 Å². The van der Waals surface area contributed by atoms with Crippen molar-refractivity contribution < 1.29 is 28.7 Å². The number of benzene rings is 2. The monoisotopic (exact) mass is 523 g/mol. The van der Waals surface area contributed by atoms with Crippen LogP contribution in [0.2, 0.25) is 5.02 Å². The van der Waals surface area contributed by atoms with Crippen molar-refractivity contribution in [2.45, 2.75) is 0 Å². The van der Waals surface area contributed by atoms with Crippen molar-refractivity contribution in [2.75, 3.05) is 20.3 Å². The summed E-state index contributed by atoms with van der Waals surface area (Å²) in [6.07, 6.45) is 1.48. The van der Waals surface area contributed by atoms with Gasteiger partial charge in [0, 0.05) is 20.6 Å². The average Bonchev–Trinajstić information content (AvgIpc) is 3.00. The maximum absolute atomic E-state index is 12.8. The molecule has 1 fully saturated rings. The number of nitrogens with zero attached hydrogens (tertiary/aromatic N) is 1. The molecule has 0 atom stereocenters. The minimum atomic E-state index is -0.587. The lowest BCUT2D eigenvalue weighted by molar-refractivity contribution is -0.142. The summed E-state index contributed by atoms with van der Waals surface area (Å²) >= 11 is 9.89. The number of ketones is 1. The molecular formula is C21H15BrClNO6S. The van der Waals surface area contributed by atoms with E-state index in [0.29, 0.717) is 26.4 Å². The van der Waals surface area contributed by atoms with Gasteiger partial charge in [0.1, 0.15) is 5.75 Å². The molecule has 1 heterocycles. The third-order valence-electron chi connectivity index (χ3n) is 4.17. The third kappa shape index (κ3) is 5.75. The standard InChI is InChI=1S/C21H15BrClNO6S/c1-29-19(26)11-30-17-7-4-14(22)8-13(17)9-18-20(27)24(21(28)31-18)10-16(25)12-2-5-15(23)6-3-12/h2-9H,10-11H2,1H3/b18-9+. The topological polar surface area (TPSA) is 90.0 Å². The Morgan fingerprint density at radius 3 is 2.55 bits per heavy atom. The van der Waals surface area contributed by atoms with Crippen molar-refractivity contribution in [3.8, 4) is 5.75 Å². The highest BCUT2D eigenvalue weighted by Crippen LogP contribution is 2.35. The SMILES string of the molecule is COC(=O)COc1ccc(Br)cc1/C=C1/SC(=O)N(CC(=O)c2ccc(Cl)cc2)C1=O. The first-order valence-corrected chi connectivity index (χ1v) is 10.8. The highest BCUT2D eigenvalue weighted by molar-refractivity contribution is 9.10. The van der Waals surface area contributed by atoms with Crippen molar-refractivity contribution in [1.29, 1.82) is 0 Å². The van der Waals surface area contributed by atoms with Crippen LogP contribution in [-0.2, 0) is 14.3 Å². The molecule has 7 nitrogen and oxygen atoms in total. The van der Waals surface area contributed by atoms with Crippen LogP contribution in [0.3, 0.4) is 0 Å². The molecule has 10 heteroatoms. The summed E-state index contributed by atoms with van der Waals surface area (Å²) < 4.78 is 10.7. The average molecular weight is 525 g/mol. The number of rotatable bonds is 7. The number of thioether (sulfide) groups is 1. The number of Topliss-reactive ketones (excluding diaryl/α,β-unsaturated/α-hetero) is 1. The van der Waals surface area contributed by atoms with E-state index in [9.17, 15) is 19.2 Å². The van der Waals surface area contributed by atoms with Gasteiger partial charge in [-0.05, 0) is 60.3 Å². The zero-order valence-corrected chi connectivity index (χ0v) is 19.3. The van der Waals surface area contributed by atoms with Gasteiger partial charge in [-0.15, -0.1) is 0 Å². The molecule has 2 amide bonds. The van der Waals surface area contributed by atoms with Gasteiger partial charge in [-0.3, -0.25) is 19.3 Å². The van der Waals surface area contributed by atoms with Crippen LogP contribution >= 0.6 is 39.3 Å². The van der Waals surface area contributed by atoms with Crippen molar-refractivity contribution >= 4 is 68.3 Å². The van der Waals surface area contributed by atoms with Gasteiger partial charge in [-0.1, -0.05) is 27.5 Å². The van der Waals surface area contributed by atoms with Gasteiger partial charge < -0.3 is 9.47 Å². The van der Waals surface area contributed by atoms with Crippen molar-refractivity contribution in [3.05, 3.63) is 68.0 Å². The molecular weight excluding hydrogens is 510 g/mol. The molecule has 0 aromatic heterocycles. The van der Waals surface area contributed by atoms with E-state index >= 15 is 0 Å². The van der Waals surface area contributed by atoms with Crippen LogP contribution in [0.15, 0.2) is 51.8 Å². The maximum atomic E-state index is 12.8. The molecule has 0 unspecified atom stereocenters. The third-order valence-corrected chi connectivity index (χ3v) is 5.83. The van der Waals surface area contributed by atoms with Crippen LogP contribution in [0.5, 0.6) is 5.75 Å². The highest BCUT2D eigenvalue weighted by Gasteiger charge is 2.36. The largest absolute Gasteiger partial charge is 0.481 e. The first-order valence-electron chi connectivity index (χ1n) is 8.82. The minimum absolute atomic E-state index is 0.134. The van der Waals surface area contributed by atoms with Crippen molar-refractivity contribution in [2.24, 2.45) is 0 Å². The second kappa shape index (κ2) is 10.1. The molecule has 1 aliphatic rings. The molecule has 2 aromatic rings. The molecule has 2 aromatic carbocycles. The number of halogens is 2. The van der Waals surface area contributed by atoms with E-state index in [4.69, 9.17) is 16.3 Å². The van der Waals surface area contributed by atoms with Gasteiger partial charge in [0.25, 0.3) is 11.1 Å². The van der Waals surface area contributed by atoms with E-state index in [1.807, 2.05) is 0 Å². The predicted octanol–water partition coefficient (Wildman–Crippen LogP) is 4.57. The van der Waals surface area contributed by atoms with Crippen LogP contribution in [0.25, 0.3) is 6.08 Å². The predicted molar refractivity (Wildman–Crippen MR) is 120 cm³/mol. The first kappa shape index (κ1) is 23.1. The van der Waals surface area contributed by atoms with E-state index in [2.05, 4.69) is 20.7 Å². The summed E-state index contributed by atoms with van der Waals surface area (Å²) in [5.41, 5.74) is 0.825. The zero-order chi connectivity index (χ0) is 22.5. The normalized spacial score (nSPS) is 14.8. The number of carbonyl (C=O) groups excluding carboxylic acids is 4. The molecule has 160 valence electrons. The summed E-state index contributed by atoms with van der Waals surface area (Å²) in [6.45, 7) is -0.691. The van der Waals surface area contributed by atoms with Gasteiger partial charge >= 0.3 is 5.97 Å². The van der Waals surface area contributed by atoms with Gasteiger partial charge in [0.05, 0.1) is 18.6 Å². The number of carbonyl (C=O) groups is 4. The van der Waals surface area contributed by atoms with Crippen LogP contribution in [0, 0.1) is 0 Å². The number of imide groups is 1. The molecule has 0 spiro atoms. The quantitative estimate of drug-likeness (QED) is 0.298. The molecule has 3 rings (SSSR count). The molecule has 1 saturated heterocycles. The molecule has 1 aliphatic heterocycles. The van der Waals surface area contributed by atoms with Crippen LogP contribution in [-0.4, -0.2) is 48.1 Å². The Hall–Kier alpha value is -2.62. The van der Waals surface area contributed by atoms with E-state index in [-0.39, 0.29) is 23.8 Å². The lowest BCUT2D eigenvalue weighted by atomic mass is 10.1. The molecule has 0 N–H and O–H groups in total. The first-order chi connectivity index (χ1) is 14.8. The second-order valence-electron chi connectivity index (χ2n) is 6.24. The summed E-state index contributed by atoms with van der Waals surface area (Å²) in [5.74, 6) is -1.20. The minimum Gasteiger partial charge on any atom is -0.481 e. The second-order valence-corrected chi connectivity index (χ2v) is 8.59. The number of ether oxygens (including phenoxy) is 2. The van der Waals surface area contributed by atoms with Gasteiger partial charge in [0.15, 0.2) is 12.4 Å². The summed E-state index contributed by atoms with van der Waals surface area (Å²) in [7, 11) is 1.25. The Morgan fingerprint density at radius 2 is 1.87 bits per heavy atom. The number of hydrogen-bond donors (Lipinski definition) is 0. The Morgan fingerprint density at radius 1 is 1.16 bits per heavy atom. The smallest absolute Gasteiger partial charge is 0.343 e. The van der Waals surface area contributed by atoms with E-state index in [0.717, 1.165) is 16.7 Å². The van der Waals surface area contributed by atoms with E-state index in [1.165, 1.54) is 25.3 Å². The molecule has 0 bridgehead atoms. The molecule has 31 heavy (non-hydrogen) atoms. The number of esters is 1. The van der Waals surface area contributed by atoms with Crippen molar-refractivity contribution in [3.63, 3.8) is 0 Å². The van der Waals surface area contributed by atoms with Crippen LogP contribution in [0.1, 0.15) is 15.9 Å². The summed E-state index contributed by atoms with van der Waals surface area (Å²) in [6, 6.07) is 11.2. The van der Waals surface area contributed by atoms with Gasteiger partial charge in [0.2, 0.25) is 0 Å².